The van der Waals surface area contributed by atoms with Gasteiger partial charge in [0.05, 0.1) is 19.0 Å². The van der Waals surface area contributed by atoms with Crippen molar-refractivity contribution in [2.75, 3.05) is 23.8 Å². The van der Waals surface area contributed by atoms with Gasteiger partial charge in [-0.05, 0) is 45.1 Å². The lowest BCUT2D eigenvalue weighted by Gasteiger charge is -2.16. The van der Waals surface area contributed by atoms with Crippen LogP contribution in [0.25, 0.3) is 11.2 Å². The minimum absolute atomic E-state index is 0.0452. The third-order valence-corrected chi connectivity index (χ3v) is 5.05. The fourth-order valence-electron chi connectivity index (χ4n) is 3.25. The van der Waals surface area contributed by atoms with Crippen molar-refractivity contribution < 1.29 is 5.11 Å². The van der Waals surface area contributed by atoms with Crippen molar-refractivity contribution in [1.29, 1.82) is 0 Å². The molecule has 3 aromatic rings. The Morgan fingerprint density at radius 2 is 1.90 bits per heavy atom. The van der Waals surface area contributed by atoms with Gasteiger partial charge in [-0.25, -0.2) is 4.98 Å². The molecule has 0 unspecified atom stereocenters. The molecule has 3 N–H and O–H groups in total. The molecule has 0 saturated heterocycles. The molecule has 7 heteroatoms. The molecule has 0 saturated carbocycles. The summed E-state index contributed by atoms with van der Waals surface area (Å²) in [6, 6.07) is 10.7. The predicted molar refractivity (Wildman–Crippen MR) is 118 cm³/mol. The van der Waals surface area contributed by atoms with Crippen molar-refractivity contribution >= 4 is 22.9 Å². The van der Waals surface area contributed by atoms with Gasteiger partial charge in [-0.1, -0.05) is 37.3 Å². The second kappa shape index (κ2) is 10.2. The zero-order chi connectivity index (χ0) is 20.6. The van der Waals surface area contributed by atoms with Crippen LogP contribution < -0.4 is 10.6 Å². The number of hydrogen-bond acceptors (Lipinski definition) is 6. The van der Waals surface area contributed by atoms with E-state index in [2.05, 4.69) is 63.7 Å². The average Bonchev–Trinajstić information content (AvgIpc) is 3.17. The van der Waals surface area contributed by atoms with Gasteiger partial charge in [-0.3, -0.25) is 0 Å². The number of nitrogens with one attached hydrogen (secondary N) is 2. The minimum atomic E-state index is -0.0680. The van der Waals surface area contributed by atoms with Crippen molar-refractivity contribution in [2.24, 2.45) is 0 Å². The maximum absolute atomic E-state index is 9.52. The summed E-state index contributed by atoms with van der Waals surface area (Å²) in [6.45, 7) is 7.11. The smallest absolute Gasteiger partial charge is 0.227 e. The first kappa shape index (κ1) is 21.0. The van der Waals surface area contributed by atoms with E-state index < -0.39 is 0 Å². The minimum Gasteiger partial charge on any atom is -0.394 e. The number of aromatic nitrogens is 4. The topological polar surface area (TPSA) is 87.9 Å². The molecule has 2 aromatic heterocycles. The average molecular weight is 397 g/mol. The lowest BCUT2D eigenvalue weighted by Crippen LogP contribution is -2.24. The number of hydrogen-bond donors (Lipinski definition) is 3. The normalized spacial score (nSPS) is 12.4. The molecule has 0 aliphatic heterocycles. The summed E-state index contributed by atoms with van der Waals surface area (Å²) in [5, 5.41) is 16.2. The highest BCUT2D eigenvalue weighted by atomic mass is 16.3. The van der Waals surface area contributed by atoms with E-state index in [-0.39, 0.29) is 18.7 Å². The van der Waals surface area contributed by atoms with Gasteiger partial charge in [0.1, 0.15) is 0 Å². The number of aliphatic hydroxyl groups is 1. The standard InChI is InChI=1S/C22H32N6O/c1-4-18(14-29)25-22-26-20(19-21(27-22)28(15-24-19)16(2)3)23-13-9-8-12-17-10-6-5-7-11-17/h5-7,10-11,15-16,18,29H,4,8-9,12-14H2,1-3H3,(H2,23,25,26,27)/t18-/m1/s1. The fourth-order valence-corrected chi connectivity index (χ4v) is 3.25. The molecule has 3 rings (SSSR count). The quantitative estimate of drug-likeness (QED) is 0.424. The van der Waals surface area contributed by atoms with Crippen LogP contribution in [0.4, 0.5) is 11.8 Å². The van der Waals surface area contributed by atoms with Crippen molar-refractivity contribution in [3.63, 3.8) is 0 Å². The molecular formula is C22H32N6O. The van der Waals surface area contributed by atoms with Gasteiger partial charge in [-0.2, -0.15) is 9.97 Å². The van der Waals surface area contributed by atoms with E-state index in [0.717, 1.165) is 49.2 Å². The molecule has 156 valence electrons. The van der Waals surface area contributed by atoms with Crippen LogP contribution in [0.5, 0.6) is 0 Å². The molecule has 29 heavy (non-hydrogen) atoms. The summed E-state index contributed by atoms with van der Waals surface area (Å²) in [5.74, 6) is 1.26. The third-order valence-electron chi connectivity index (χ3n) is 5.05. The van der Waals surface area contributed by atoms with Gasteiger partial charge in [0, 0.05) is 12.6 Å². The lowest BCUT2D eigenvalue weighted by molar-refractivity contribution is 0.271. The fraction of sp³-hybridized carbons (Fsp3) is 0.500. The van der Waals surface area contributed by atoms with Crippen LogP contribution in [0.3, 0.4) is 0 Å². The number of aliphatic hydroxyl groups excluding tert-OH is 1. The van der Waals surface area contributed by atoms with Crippen molar-refractivity contribution in [3.8, 4) is 0 Å². The first-order valence-electron chi connectivity index (χ1n) is 10.5. The van der Waals surface area contributed by atoms with Gasteiger partial charge in [0.25, 0.3) is 0 Å². The van der Waals surface area contributed by atoms with Crippen LogP contribution in [0.15, 0.2) is 36.7 Å². The molecule has 0 bridgehead atoms. The SMILES string of the molecule is CC[C@H](CO)Nc1nc(NCCCCc2ccccc2)c2ncn(C(C)C)c2n1. The Kier molecular flexibility index (Phi) is 7.41. The van der Waals surface area contributed by atoms with E-state index in [1.165, 1.54) is 5.56 Å². The van der Waals surface area contributed by atoms with Crippen LogP contribution in [0.2, 0.25) is 0 Å². The number of benzene rings is 1. The summed E-state index contributed by atoms with van der Waals surface area (Å²) in [7, 11) is 0. The van der Waals surface area contributed by atoms with Gasteiger partial charge in [-0.15, -0.1) is 0 Å². The Labute approximate surface area is 172 Å². The van der Waals surface area contributed by atoms with Crippen LogP contribution >= 0.6 is 0 Å². The van der Waals surface area contributed by atoms with Crippen molar-refractivity contribution in [1.82, 2.24) is 19.5 Å². The molecular weight excluding hydrogens is 364 g/mol. The number of imidazole rings is 1. The highest BCUT2D eigenvalue weighted by Crippen LogP contribution is 2.24. The second-order valence-corrected chi connectivity index (χ2v) is 7.62. The lowest BCUT2D eigenvalue weighted by atomic mass is 10.1. The number of unbranched alkanes of at least 4 members (excludes halogenated alkanes) is 1. The Bertz CT molecular complexity index is 889. The Balaban J connectivity index is 1.71. The first-order valence-corrected chi connectivity index (χ1v) is 10.5. The summed E-state index contributed by atoms with van der Waals surface area (Å²) in [6.07, 6.45) is 5.84. The summed E-state index contributed by atoms with van der Waals surface area (Å²) in [4.78, 5) is 13.9. The molecule has 7 nitrogen and oxygen atoms in total. The number of fused-ring (bicyclic) bond motifs is 1. The predicted octanol–water partition coefficient (Wildman–Crippen LogP) is 4.02. The van der Waals surface area contributed by atoms with E-state index in [4.69, 9.17) is 0 Å². The van der Waals surface area contributed by atoms with Crippen LogP contribution in [0.1, 0.15) is 51.6 Å². The monoisotopic (exact) mass is 396 g/mol. The molecule has 0 radical (unpaired) electrons. The molecule has 0 amide bonds. The Hall–Kier alpha value is -2.67. The molecule has 1 atom stereocenters. The number of nitrogens with zero attached hydrogens (tertiary/aromatic N) is 4. The highest BCUT2D eigenvalue weighted by molar-refractivity contribution is 5.84. The van der Waals surface area contributed by atoms with E-state index >= 15 is 0 Å². The molecule has 0 spiro atoms. The first-order chi connectivity index (χ1) is 14.1. The van der Waals surface area contributed by atoms with E-state index in [9.17, 15) is 5.11 Å². The molecule has 2 heterocycles. The van der Waals surface area contributed by atoms with Crippen molar-refractivity contribution in [3.05, 3.63) is 42.2 Å². The number of anilines is 2. The van der Waals surface area contributed by atoms with E-state index in [1.54, 1.807) is 0 Å². The Morgan fingerprint density at radius 3 is 2.59 bits per heavy atom. The van der Waals surface area contributed by atoms with Crippen LogP contribution in [-0.4, -0.2) is 43.8 Å². The molecule has 1 aromatic carbocycles. The van der Waals surface area contributed by atoms with Gasteiger partial charge >= 0.3 is 0 Å². The molecule has 0 aliphatic rings. The Morgan fingerprint density at radius 1 is 1.10 bits per heavy atom. The zero-order valence-corrected chi connectivity index (χ0v) is 17.6. The summed E-state index contributed by atoms with van der Waals surface area (Å²) >= 11 is 0. The maximum Gasteiger partial charge on any atom is 0.227 e. The second-order valence-electron chi connectivity index (χ2n) is 7.62. The van der Waals surface area contributed by atoms with Crippen LogP contribution in [-0.2, 0) is 6.42 Å². The molecule has 0 aliphatic carbocycles. The molecule has 0 fully saturated rings. The summed E-state index contributed by atoms with van der Waals surface area (Å²) in [5.41, 5.74) is 2.95. The van der Waals surface area contributed by atoms with Gasteiger partial charge < -0.3 is 20.3 Å². The number of aryl methyl sites for hydroxylation is 1. The largest absolute Gasteiger partial charge is 0.394 e. The summed E-state index contributed by atoms with van der Waals surface area (Å²) < 4.78 is 2.04. The highest BCUT2D eigenvalue weighted by Gasteiger charge is 2.16. The van der Waals surface area contributed by atoms with Gasteiger partial charge in [0.15, 0.2) is 17.0 Å². The van der Waals surface area contributed by atoms with E-state index in [0.29, 0.717) is 5.95 Å². The number of rotatable bonds is 11. The third kappa shape index (κ3) is 5.44. The zero-order valence-electron chi connectivity index (χ0n) is 17.6. The van der Waals surface area contributed by atoms with Crippen LogP contribution in [0, 0.1) is 0 Å². The van der Waals surface area contributed by atoms with Gasteiger partial charge in [0.2, 0.25) is 5.95 Å². The maximum atomic E-state index is 9.52. The van der Waals surface area contributed by atoms with E-state index in [1.807, 2.05) is 23.9 Å². The van der Waals surface area contributed by atoms with Crippen molar-refractivity contribution in [2.45, 2.75) is 58.5 Å².